The van der Waals surface area contributed by atoms with Crippen LogP contribution in [-0.2, 0) is 6.54 Å². The highest BCUT2D eigenvalue weighted by atomic mass is 35.5. The van der Waals surface area contributed by atoms with E-state index in [2.05, 4.69) is 16.7 Å². The summed E-state index contributed by atoms with van der Waals surface area (Å²) in [5, 5.41) is 0.790. The molecule has 1 aliphatic heterocycles. The zero-order valence-electron chi connectivity index (χ0n) is 11.0. The topological polar surface area (TPSA) is 32.5 Å². The summed E-state index contributed by atoms with van der Waals surface area (Å²) >= 11 is 6.09. The molecule has 100 valence electrons. The predicted molar refractivity (Wildman–Crippen MR) is 78.3 cm³/mol. The Balaban J connectivity index is 2.06. The van der Waals surface area contributed by atoms with E-state index < -0.39 is 0 Å². The Bertz CT molecular complexity index is 387. The Morgan fingerprint density at radius 2 is 1.94 bits per heavy atom. The van der Waals surface area contributed by atoms with E-state index in [0.717, 1.165) is 31.2 Å². The molecule has 0 atom stereocenters. The molecule has 0 bridgehead atoms. The molecule has 1 fully saturated rings. The zero-order valence-corrected chi connectivity index (χ0v) is 11.8. The van der Waals surface area contributed by atoms with Gasteiger partial charge in [-0.15, -0.1) is 0 Å². The Morgan fingerprint density at radius 3 is 2.56 bits per heavy atom. The van der Waals surface area contributed by atoms with E-state index >= 15 is 0 Å². The molecule has 0 radical (unpaired) electrons. The second kappa shape index (κ2) is 6.41. The molecule has 1 aromatic rings. The number of piperazine rings is 1. The number of rotatable bonds is 4. The fraction of sp³-hybridized carbons (Fsp3) is 0.571. The van der Waals surface area contributed by atoms with Crippen LogP contribution in [0.1, 0.15) is 18.9 Å². The average molecular weight is 268 g/mol. The van der Waals surface area contributed by atoms with Crippen LogP contribution in [0.2, 0.25) is 5.02 Å². The third-order valence-electron chi connectivity index (χ3n) is 3.52. The van der Waals surface area contributed by atoms with Gasteiger partial charge in [-0.3, -0.25) is 4.90 Å². The summed E-state index contributed by atoms with van der Waals surface area (Å²) in [6, 6.07) is 6.00. The maximum atomic E-state index is 6.09. The first kappa shape index (κ1) is 13.7. The number of benzene rings is 1. The molecule has 0 spiro atoms. The number of hydrogen-bond acceptors (Lipinski definition) is 3. The Labute approximate surface area is 115 Å². The molecule has 1 heterocycles. The lowest BCUT2D eigenvalue weighted by atomic mass is 10.1. The molecular weight excluding hydrogens is 246 g/mol. The van der Waals surface area contributed by atoms with Crippen molar-refractivity contribution >= 4 is 17.3 Å². The molecule has 0 unspecified atom stereocenters. The molecule has 2 rings (SSSR count). The van der Waals surface area contributed by atoms with Crippen LogP contribution in [0.4, 0.5) is 5.69 Å². The quantitative estimate of drug-likeness (QED) is 0.909. The van der Waals surface area contributed by atoms with Crippen molar-refractivity contribution in [1.29, 1.82) is 0 Å². The highest BCUT2D eigenvalue weighted by Gasteiger charge is 2.18. The van der Waals surface area contributed by atoms with Gasteiger partial charge in [0.05, 0.1) is 0 Å². The molecule has 1 aliphatic rings. The molecule has 4 heteroatoms. The first-order chi connectivity index (χ1) is 8.74. The van der Waals surface area contributed by atoms with Crippen molar-refractivity contribution in [2.45, 2.75) is 19.9 Å². The number of hydrogen-bond donors (Lipinski definition) is 1. The third-order valence-corrected chi connectivity index (χ3v) is 3.76. The van der Waals surface area contributed by atoms with Gasteiger partial charge in [0.1, 0.15) is 0 Å². The monoisotopic (exact) mass is 267 g/mol. The van der Waals surface area contributed by atoms with E-state index in [1.807, 2.05) is 18.2 Å². The molecule has 0 aliphatic carbocycles. The van der Waals surface area contributed by atoms with Crippen LogP contribution >= 0.6 is 11.6 Å². The molecule has 2 N–H and O–H groups in total. The Morgan fingerprint density at radius 1 is 1.22 bits per heavy atom. The fourth-order valence-corrected chi connectivity index (χ4v) is 2.70. The summed E-state index contributed by atoms with van der Waals surface area (Å²) in [6.07, 6.45) is 1.23. The van der Waals surface area contributed by atoms with Crippen molar-refractivity contribution in [3.8, 4) is 0 Å². The molecular formula is C14H22ClN3. The SMILES string of the molecule is CCCN1CCN(c2cc(Cl)ccc2CN)CC1. The maximum absolute atomic E-state index is 6.09. The summed E-state index contributed by atoms with van der Waals surface area (Å²) in [5.41, 5.74) is 8.20. The van der Waals surface area contributed by atoms with Gasteiger partial charge in [0, 0.05) is 43.4 Å². The molecule has 18 heavy (non-hydrogen) atoms. The van der Waals surface area contributed by atoms with Crippen molar-refractivity contribution in [3.05, 3.63) is 28.8 Å². The van der Waals surface area contributed by atoms with Gasteiger partial charge in [-0.1, -0.05) is 24.6 Å². The lowest BCUT2D eigenvalue weighted by Gasteiger charge is -2.37. The normalized spacial score (nSPS) is 17.2. The second-order valence-electron chi connectivity index (χ2n) is 4.81. The van der Waals surface area contributed by atoms with E-state index in [0.29, 0.717) is 6.54 Å². The smallest absolute Gasteiger partial charge is 0.0427 e. The molecule has 1 saturated heterocycles. The van der Waals surface area contributed by atoms with Crippen molar-refractivity contribution < 1.29 is 0 Å². The van der Waals surface area contributed by atoms with E-state index in [9.17, 15) is 0 Å². The third kappa shape index (κ3) is 3.16. The van der Waals surface area contributed by atoms with Crippen LogP contribution in [0.15, 0.2) is 18.2 Å². The number of anilines is 1. The summed E-state index contributed by atoms with van der Waals surface area (Å²) in [6.45, 7) is 8.39. The minimum absolute atomic E-state index is 0.571. The van der Waals surface area contributed by atoms with Crippen molar-refractivity contribution in [2.75, 3.05) is 37.6 Å². The fourth-order valence-electron chi connectivity index (χ4n) is 2.53. The van der Waals surface area contributed by atoms with Gasteiger partial charge >= 0.3 is 0 Å². The lowest BCUT2D eigenvalue weighted by molar-refractivity contribution is 0.258. The van der Waals surface area contributed by atoms with Gasteiger partial charge in [-0.05, 0) is 30.7 Å². The van der Waals surface area contributed by atoms with Gasteiger partial charge < -0.3 is 10.6 Å². The molecule has 1 aromatic carbocycles. The second-order valence-corrected chi connectivity index (χ2v) is 5.24. The summed E-state index contributed by atoms with van der Waals surface area (Å²) < 4.78 is 0. The molecule has 0 aromatic heterocycles. The molecule has 3 nitrogen and oxygen atoms in total. The maximum Gasteiger partial charge on any atom is 0.0427 e. The molecule has 0 amide bonds. The minimum Gasteiger partial charge on any atom is -0.369 e. The first-order valence-corrected chi connectivity index (χ1v) is 7.08. The van der Waals surface area contributed by atoms with Gasteiger partial charge in [0.25, 0.3) is 0 Å². The highest BCUT2D eigenvalue weighted by molar-refractivity contribution is 6.30. The Hall–Kier alpha value is -0.770. The van der Waals surface area contributed by atoms with E-state index in [1.165, 1.54) is 24.2 Å². The first-order valence-electron chi connectivity index (χ1n) is 6.70. The zero-order chi connectivity index (χ0) is 13.0. The van der Waals surface area contributed by atoms with Crippen LogP contribution in [0, 0.1) is 0 Å². The van der Waals surface area contributed by atoms with Gasteiger partial charge in [0.2, 0.25) is 0 Å². The number of nitrogens with zero attached hydrogens (tertiary/aromatic N) is 2. The molecule has 0 saturated carbocycles. The predicted octanol–water partition coefficient (Wildman–Crippen LogP) is 2.33. The minimum atomic E-state index is 0.571. The Kier molecular flexibility index (Phi) is 4.87. The summed E-state index contributed by atoms with van der Waals surface area (Å²) in [7, 11) is 0. The van der Waals surface area contributed by atoms with Crippen molar-refractivity contribution in [3.63, 3.8) is 0 Å². The van der Waals surface area contributed by atoms with Crippen molar-refractivity contribution in [1.82, 2.24) is 4.90 Å². The highest BCUT2D eigenvalue weighted by Crippen LogP contribution is 2.25. The lowest BCUT2D eigenvalue weighted by Crippen LogP contribution is -2.46. The number of halogens is 1. The van der Waals surface area contributed by atoms with Crippen LogP contribution in [0.3, 0.4) is 0 Å². The largest absolute Gasteiger partial charge is 0.369 e. The van der Waals surface area contributed by atoms with Crippen molar-refractivity contribution in [2.24, 2.45) is 5.73 Å². The standard InChI is InChI=1S/C14H22ClN3/c1-2-5-17-6-8-18(9-7-17)14-10-13(15)4-3-12(14)11-16/h3-4,10H,2,5-9,11,16H2,1H3. The summed E-state index contributed by atoms with van der Waals surface area (Å²) in [5.74, 6) is 0. The van der Waals surface area contributed by atoms with Crippen LogP contribution in [-0.4, -0.2) is 37.6 Å². The van der Waals surface area contributed by atoms with Gasteiger partial charge in [-0.25, -0.2) is 0 Å². The van der Waals surface area contributed by atoms with Crippen LogP contribution in [0.5, 0.6) is 0 Å². The van der Waals surface area contributed by atoms with E-state index in [-0.39, 0.29) is 0 Å². The van der Waals surface area contributed by atoms with E-state index in [1.54, 1.807) is 0 Å². The average Bonchev–Trinajstić information content (AvgIpc) is 2.40. The van der Waals surface area contributed by atoms with Gasteiger partial charge in [-0.2, -0.15) is 0 Å². The van der Waals surface area contributed by atoms with Crippen LogP contribution in [0.25, 0.3) is 0 Å². The van der Waals surface area contributed by atoms with E-state index in [4.69, 9.17) is 17.3 Å². The number of nitrogens with two attached hydrogens (primary N) is 1. The van der Waals surface area contributed by atoms with Crippen LogP contribution < -0.4 is 10.6 Å². The van der Waals surface area contributed by atoms with Gasteiger partial charge in [0.15, 0.2) is 0 Å². The summed E-state index contributed by atoms with van der Waals surface area (Å²) in [4.78, 5) is 4.92.